The van der Waals surface area contributed by atoms with Crippen molar-refractivity contribution in [1.29, 1.82) is 0 Å². The van der Waals surface area contributed by atoms with Crippen LogP contribution in [0.4, 0.5) is 0 Å². The van der Waals surface area contributed by atoms with Gasteiger partial charge in [-0.05, 0) is 24.1 Å². The summed E-state index contributed by atoms with van der Waals surface area (Å²) in [7, 11) is 0. The Morgan fingerprint density at radius 2 is 1.74 bits per heavy atom. The molecule has 0 bridgehead atoms. The number of rotatable bonds is 7. The Bertz CT molecular complexity index is 722. The summed E-state index contributed by atoms with van der Waals surface area (Å²) in [4.78, 5) is 5.83. The SMILES string of the molecule is CCCn1nc(CNCc2ccncc2)c(-c2ccccc2)n1. The molecule has 1 N–H and O–H groups in total. The van der Waals surface area contributed by atoms with Crippen LogP contribution < -0.4 is 5.32 Å². The Morgan fingerprint density at radius 1 is 0.957 bits per heavy atom. The minimum absolute atomic E-state index is 0.691. The molecule has 0 aliphatic heterocycles. The van der Waals surface area contributed by atoms with E-state index in [0.29, 0.717) is 6.54 Å². The maximum atomic E-state index is 4.65. The zero-order chi connectivity index (χ0) is 15.9. The molecular weight excluding hydrogens is 286 g/mol. The van der Waals surface area contributed by atoms with Gasteiger partial charge in [0.15, 0.2) is 0 Å². The summed E-state index contributed by atoms with van der Waals surface area (Å²) in [6.45, 7) is 4.45. The quantitative estimate of drug-likeness (QED) is 0.729. The minimum atomic E-state index is 0.691. The fraction of sp³-hybridized carbons (Fsp3) is 0.278. The van der Waals surface area contributed by atoms with E-state index in [1.54, 1.807) is 4.80 Å². The van der Waals surface area contributed by atoms with E-state index in [1.807, 2.05) is 42.7 Å². The van der Waals surface area contributed by atoms with Gasteiger partial charge in [0, 0.05) is 31.0 Å². The molecule has 118 valence electrons. The number of aryl methyl sites for hydroxylation is 1. The lowest BCUT2D eigenvalue weighted by Crippen LogP contribution is -2.14. The fourth-order valence-corrected chi connectivity index (χ4v) is 2.45. The van der Waals surface area contributed by atoms with Gasteiger partial charge in [0.2, 0.25) is 0 Å². The highest BCUT2D eigenvalue weighted by molar-refractivity contribution is 5.60. The van der Waals surface area contributed by atoms with Gasteiger partial charge in [0.1, 0.15) is 11.4 Å². The Hall–Kier alpha value is -2.53. The Labute approximate surface area is 136 Å². The van der Waals surface area contributed by atoms with Crippen LogP contribution >= 0.6 is 0 Å². The first-order chi connectivity index (χ1) is 11.4. The van der Waals surface area contributed by atoms with E-state index in [4.69, 9.17) is 0 Å². The van der Waals surface area contributed by atoms with Gasteiger partial charge >= 0.3 is 0 Å². The van der Waals surface area contributed by atoms with Crippen molar-refractivity contribution in [1.82, 2.24) is 25.3 Å². The molecule has 0 radical (unpaired) electrons. The first-order valence-electron chi connectivity index (χ1n) is 7.96. The Balaban J connectivity index is 1.74. The number of hydrogen-bond donors (Lipinski definition) is 1. The second-order valence-corrected chi connectivity index (χ2v) is 5.42. The van der Waals surface area contributed by atoms with Crippen molar-refractivity contribution in [3.05, 3.63) is 66.1 Å². The van der Waals surface area contributed by atoms with Crippen molar-refractivity contribution in [2.75, 3.05) is 0 Å². The summed E-state index contributed by atoms with van der Waals surface area (Å²) >= 11 is 0. The van der Waals surface area contributed by atoms with Crippen molar-refractivity contribution < 1.29 is 0 Å². The predicted octanol–water partition coefficient (Wildman–Crippen LogP) is 3.04. The highest BCUT2D eigenvalue weighted by Gasteiger charge is 2.12. The molecule has 0 unspecified atom stereocenters. The zero-order valence-electron chi connectivity index (χ0n) is 13.3. The van der Waals surface area contributed by atoms with Gasteiger partial charge in [-0.3, -0.25) is 4.98 Å². The molecule has 3 rings (SSSR count). The van der Waals surface area contributed by atoms with E-state index < -0.39 is 0 Å². The maximum absolute atomic E-state index is 4.65. The molecule has 0 atom stereocenters. The number of nitrogens with zero attached hydrogens (tertiary/aromatic N) is 4. The van der Waals surface area contributed by atoms with Crippen LogP contribution in [0.5, 0.6) is 0 Å². The second-order valence-electron chi connectivity index (χ2n) is 5.42. The van der Waals surface area contributed by atoms with Gasteiger partial charge in [0.05, 0.1) is 6.54 Å². The third kappa shape index (κ3) is 4.02. The molecule has 2 heterocycles. The number of benzene rings is 1. The van der Waals surface area contributed by atoms with Crippen LogP contribution in [0.25, 0.3) is 11.3 Å². The predicted molar refractivity (Wildman–Crippen MR) is 90.5 cm³/mol. The van der Waals surface area contributed by atoms with Crippen molar-refractivity contribution in [3.63, 3.8) is 0 Å². The first kappa shape index (κ1) is 15.4. The molecule has 0 amide bonds. The Kier molecular flexibility index (Phi) is 5.11. The van der Waals surface area contributed by atoms with Crippen LogP contribution in [0.2, 0.25) is 0 Å². The summed E-state index contributed by atoms with van der Waals surface area (Å²) in [6.07, 6.45) is 4.64. The van der Waals surface area contributed by atoms with Crippen molar-refractivity contribution in [3.8, 4) is 11.3 Å². The average Bonchev–Trinajstić information content (AvgIpc) is 3.00. The number of pyridine rings is 1. The van der Waals surface area contributed by atoms with E-state index in [9.17, 15) is 0 Å². The van der Waals surface area contributed by atoms with Crippen LogP contribution in [0.15, 0.2) is 54.9 Å². The normalized spacial score (nSPS) is 10.8. The summed E-state index contributed by atoms with van der Waals surface area (Å²) in [5.41, 5.74) is 4.26. The highest BCUT2D eigenvalue weighted by Crippen LogP contribution is 2.20. The molecule has 0 aliphatic carbocycles. The monoisotopic (exact) mass is 307 g/mol. The lowest BCUT2D eigenvalue weighted by Gasteiger charge is -2.04. The van der Waals surface area contributed by atoms with E-state index in [0.717, 1.165) is 36.5 Å². The van der Waals surface area contributed by atoms with Crippen molar-refractivity contribution in [2.45, 2.75) is 33.0 Å². The number of aromatic nitrogens is 4. The molecule has 2 aromatic heterocycles. The standard InChI is InChI=1S/C18H21N5/c1-2-12-23-21-17(14-20-13-15-8-10-19-11-9-15)18(22-23)16-6-4-3-5-7-16/h3-11,20H,2,12-14H2,1H3. The fourth-order valence-electron chi connectivity index (χ4n) is 2.45. The third-order valence-corrected chi connectivity index (χ3v) is 3.57. The zero-order valence-corrected chi connectivity index (χ0v) is 13.3. The van der Waals surface area contributed by atoms with Crippen LogP contribution in [0.3, 0.4) is 0 Å². The molecule has 5 nitrogen and oxygen atoms in total. The van der Waals surface area contributed by atoms with Crippen LogP contribution in [0.1, 0.15) is 24.6 Å². The summed E-state index contributed by atoms with van der Waals surface area (Å²) in [5.74, 6) is 0. The topological polar surface area (TPSA) is 55.6 Å². The maximum Gasteiger partial charge on any atom is 0.117 e. The summed E-state index contributed by atoms with van der Waals surface area (Å²) < 4.78 is 0. The van der Waals surface area contributed by atoms with E-state index in [2.05, 4.69) is 39.6 Å². The van der Waals surface area contributed by atoms with Crippen molar-refractivity contribution >= 4 is 0 Å². The van der Waals surface area contributed by atoms with Crippen LogP contribution in [0, 0.1) is 0 Å². The van der Waals surface area contributed by atoms with Gasteiger partial charge in [0.25, 0.3) is 0 Å². The third-order valence-electron chi connectivity index (χ3n) is 3.57. The molecule has 23 heavy (non-hydrogen) atoms. The van der Waals surface area contributed by atoms with Gasteiger partial charge in [-0.1, -0.05) is 37.3 Å². The van der Waals surface area contributed by atoms with Gasteiger partial charge in [-0.25, -0.2) is 0 Å². The van der Waals surface area contributed by atoms with E-state index in [-0.39, 0.29) is 0 Å². The van der Waals surface area contributed by atoms with E-state index in [1.165, 1.54) is 5.56 Å². The molecule has 5 heteroatoms. The molecule has 0 saturated carbocycles. The van der Waals surface area contributed by atoms with E-state index >= 15 is 0 Å². The molecule has 0 saturated heterocycles. The summed E-state index contributed by atoms with van der Waals surface area (Å²) in [5, 5.41) is 12.7. The molecule has 3 aromatic rings. The molecule has 0 aliphatic rings. The van der Waals surface area contributed by atoms with Crippen molar-refractivity contribution in [2.24, 2.45) is 0 Å². The minimum Gasteiger partial charge on any atom is -0.307 e. The Morgan fingerprint density at radius 3 is 2.48 bits per heavy atom. The molecular formula is C18H21N5. The molecule has 1 aromatic carbocycles. The number of nitrogens with one attached hydrogen (secondary N) is 1. The number of hydrogen-bond acceptors (Lipinski definition) is 4. The van der Waals surface area contributed by atoms with Gasteiger partial charge < -0.3 is 5.32 Å². The largest absolute Gasteiger partial charge is 0.307 e. The van der Waals surface area contributed by atoms with Gasteiger partial charge in [-0.2, -0.15) is 15.0 Å². The average molecular weight is 307 g/mol. The highest BCUT2D eigenvalue weighted by atomic mass is 15.5. The van der Waals surface area contributed by atoms with Crippen LogP contribution in [-0.4, -0.2) is 20.0 Å². The lowest BCUT2D eigenvalue weighted by atomic mass is 10.1. The lowest BCUT2D eigenvalue weighted by molar-refractivity contribution is 0.521. The summed E-state index contributed by atoms with van der Waals surface area (Å²) in [6, 6.07) is 14.3. The van der Waals surface area contributed by atoms with Crippen LogP contribution in [-0.2, 0) is 19.6 Å². The molecule has 0 spiro atoms. The second kappa shape index (κ2) is 7.65. The molecule has 0 fully saturated rings. The van der Waals surface area contributed by atoms with Gasteiger partial charge in [-0.15, -0.1) is 0 Å². The smallest absolute Gasteiger partial charge is 0.117 e. The first-order valence-corrected chi connectivity index (χ1v) is 7.96.